The van der Waals surface area contributed by atoms with Gasteiger partial charge in [0.1, 0.15) is 0 Å². The Bertz CT molecular complexity index is 147. The van der Waals surface area contributed by atoms with Crippen molar-refractivity contribution in [1.82, 2.24) is 10.6 Å². The van der Waals surface area contributed by atoms with E-state index < -0.39 is 0 Å². The Kier molecular flexibility index (Phi) is 5.10. The summed E-state index contributed by atoms with van der Waals surface area (Å²) in [5.74, 6) is 0. The molecule has 66 valence electrons. The van der Waals surface area contributed by atoms with Crippen LogP contribution in [0.4, 0.5) is 0 Å². The minimum atomic E-state index is 0. The van der Waals surface area contributed by atoms with Crippen LogP contribution in [0.3, 0.4) is 0 Å². The third-order valence-corrected chi connectivity index (χ3v) is 2.07. The van der Waals surface area contributed by atoms with Crippen LogP contribution in [0.15, 0.2) is 11.6 Å². The molecule has 0 radical (unpaired) electrons. The minimum Gasteiger partial charge on any atom is -0.311 e. The molecule has 2 aliphatic heterocycles. The highest BCUT2D eigenvalue weighted by Gasteiger charge is 2.20. The van der Waals surface area contributed by atoms with Crippen LogP contribution in [0.1, 0.15) is 6.42 Å². The van der Waals surface area contributed by atoms with Crippen LogP contribution < -0.4 is 10.6 Å². The average molecular weight is 197 g/mol. The predicted molar refractivity (Wildman–Crippen MR) is 51.9 cm³/mol. The number of hydrogen-bond donors (Lipinski definition) is 2. The van der Waals surface area contributed by atoms with Gasteiger partial charge in [-0.2, -0.15) is 0 Å². The third-order valence-electron chi connectivity index (χ3n) is 2.07. The van der Waals surface area contributed by atoms with Crippen LogP contribution in [0.2, 0.25) is 0 Å². The van der Waals surface area contributed by atoms with E-state index in [1.807, 2.05) is 0 Å². The molecule has 2 aliphatic rings. The molecule has 0 aromatic rings. The largest absolute Gasteiger partial charge is 0.311 e. The Labute approximate surface area is 79.6 Å². The fourth-order valence-electron chi connectivity index (χ4n) is 1.55. The maximum atomic E-state index is 3.45. The molecule has 4 heteroatoms. The lowest BCUT2D eigenvalue weighted by molar-refractivity contribution is 0.579. The van der Waals surface area contributed by atoms with Crippen molar-refractivity contribution < 1.29 is 0 Å². The van der Waals surface area contributed by atoms with Gasteiger partial charge in [-0.15, -0.1) is 24.8 Å². The zero-order valence-electron chi connectivity index (χ0n) is 6.30. The Hall–Kier alpha value is 0.240. The van der Waals surface area contributed by atoms with Crippen molar-refractivity contribution in [2.45, 2.75) is 12.5 Å². The van der Waals surface area contributed by atoms with E-state index in [0.717, 1.165) is 19.6 Å². The quantitative estimate of drug-likeness (QED) is 0.559. The van der Waals surface area contributed by atoms with E-state index in [4.69, 9.17) is 0 Å². The molecular weight excluding hydrogens is 183 g/mol. The van der Waals surface area contributed by atoms with Gasteiger partial charge in [-0.05, 0) is 18.5 Å². The van der Waals surface area contributed by atoms with Gasteiger partial charge >= 0.3 is 0 Å². The highest BCUT2D eigenvalue weighted by Crippen LogP contribution is 2.11. The molecule has 0 saturated carbocycles. The topological polar surface area (TPSA) is 24.1 Å². The second-order valence-corrected chi connectivity index (χ2v) is 2.71. The number of rotatable bonds is 0. The summed E-state index contributed by atoms with van der Waals surface area (Å²) in [5, 5.41) is 6.78. The Morgan fingerprint density at radius 3 is 2.91 bits per heavy atom. The van der Waals surface area contributed by atoms with Gasteiger partial charge in [0.05, 0.1) is 0 Å². The Balaban J connectivity index is 0.000000500. The zero-order valence-corrected chi connectivity index (χ0v) is 7.93. The summed E-state index contributed by atoms with van der Waals surface area (Å²) in [5.41, 5.74) is 1.57. The van der Waals surface area contributed by atoms with Crippen LogP contribution >= 0.6 is 24.8 Å². The van der Waals surface area contributed by atoms with Crippen molar-refractivity contribution >= 4 is 24.8 Å². The molecule has 11 heavy (non-hydrogen) atoms. The van der Waals surface area contributed by atoms with Gasteiger partial charge < -0.3 is 10.6 Å². The van der Waals surface area contributed by atoms with Crippen LogP contribution in [0, 0.1) is 0 Å². The van der Waals surface area contributed by atoms with Crippen molar-refractivity contribution in [3.63, 3.8) is 0 Å². The van der Waals surface area contributed by atoms with E-state index >= 15 is 0 Å². The van der Waals surface area contributed by atoms with Gasteiger partial charge in [0.25, 0.3) is 0 Å². The van der Waals surface area contributed by atoms with E-state index in [1.165, 1.54) is 6.42 Å². The van der Waals surface area contributed by atoms with E-state index in [0.29, 0.717) is 6.04 Å². The molecule has 0 spiro atoms. The molecule has 0 aromatic heterocycles. The molecule has 1 saturated heterocycles. The first kappa shape index (κ1) is 11.2. The lowest BCUT2D eigenvalue weighted by atomic mass is 10.1. The van der Waals surface area contributed by atoms with Crippen LogP contribution in [0.5, 0.6) is 0 Å². The molecule has 0 aromatic carbocycles. The van der Waals surface area contributed by atoms with E-state index in [2.05, 4.69) is 16.7 Å². The van der Waals surface area contributed by atoms with Crippen molar-refractivity contribution in [1.29, 1.82) is 0 Å². The lowest BCUT2D eigenvalue weighted by Gasteiger charge is -2.17. The second kappa shape index (κ2) is 4.99. The second-order valence-electron chi connectivity index (χ2n) is 2.71. The van der Waals surface area contributed by atoms with E-state index in [-0.39, 0.29) is 24.8 Å². The van der Waals surface area contributed by atoms with Gasteiger partial charge in [-0.25, -0.2) is 0 Å². The van der Waals surface area contributed by atoms with E-state index in [1.54, 1.807) is 5.57 Å². The molecular formula is C7H14Cl2N2. The third kappa shape index (κ3) is 2.34. The van der Waals surface area contributed by atoms with Gasteiger partial charge in [-0.1, -0.05) is 6.08 Å². The van der Waals surface area contributed by atoms with Gasteiger partial charge in [0.15, 0.2) is 0 Å². The van der Waals surface area contributed by atoms with Crippen molar-refractivity contribution in [2.24, 2.45) is 0 Å². The molecule has 0 aliphatic carbocycles. The summed E-state index contributed by atoms with van der Waals surface area (Å²) >= 11 is 0. The maximum absolute atomic E-state index is 3.45. The summed E-state index contributed by atoms with van der Waals surface area (Å²) in [6, 6.07) is 0.666. The predicted octanol–water partition coefficient (Wildman–Crippen LogP) is 0.721. The van der Waals surface area contributed by atoms with Crippen molar-refractivity contribution in [2.75, 3.05) is 19.6 Å². The molecule has 2 nitrogen and oxygen atoms in total. The number of nitrogens with one attached hydrogen (secondary N) is 2. The molecule has 1 atom stereocenters. The number of fused-ring (bicyclic) bond motifs is 1. The van der Waals surface area contributed by atoms with Gasteiger partial charge in [-0.3, -0.25) is 0 Å². The number of halogens is 2. The first-order chi connectivity index (χ1) is 4.47. The summed E-state index contributed by atoms with van der Waals surface area (Å²) in [4.78, 5) is 0. The average Bonchev–Trinajstić information content (AvgIpc) is 2.33. The molecule has 2 rings (SSSR count). The molecule has 0 bridgehead atoms. The fourth-order valence-corrected chi connectivity index (χ4v) is 1.55. The normalized spacial score (nSPS) is 27.6. The highest BCUT2D eigenvalue weighted by molar-refractivity contribution is 5.85. The highest BCUT2D eigenvalue weighted by atomic mass is 35.5. The summed E-state index contributed by atoms with van der Waals surface area (Å²) < 4.78 is 0. The standard InChI is InChI=1S/C7H12N2.2ClH/c1-2-6-4-8-5-7(6)9-3-1;;/h2,7-9H,1,3-5H2;2*1H/t7-;;/m1../s1. The maximum Gasteiger partial charge on any atom is 0.0418 e. The SMILES string of the molecule is C1=C2CNC[C@H]2NCC1.Cl.Cl. The summed E-state index contributed by atoms with van der Waals surface area (Å²) in [7, 11) is 0. The number of hydrogen-bond acceptors (Lipinski definition) is 2. The zero-order chi connectivity index (χ0) is 6.10. The lowest BCUT2D eigenvalue weighted by Crippen LogP contribution is -2.35. The van der Waals surface area contributed by atoms with Crippen molar-refractivity contribution in [3.8, 4) is 0 Å². The van der Waals surface area contributed by atoms with Crippen LogP contribution in [-0.2, 0) is 0 Å². The molecule has 1 fully saturated rings. The van der Waals surface area contributed by atoms with E-state index in [9.17, 15) is 0 Å². The van der Waals surface area contributed by atoms with Gasteiger partial charge in [0, 0.05) is 19.1 Å². The molecule has 2 heterocycles. The van der Waals surface area contributed by atoms with Crippen LogP contribution in [0.25, 0.3) is 0 Å². The Morgan fingerprint density at radius 1 is 1.36 bits per heavy atom. The smallest absolute Gasteiger partial charge is 0.0418 e. The van der Waals surface area contributed by atoms with Crippen LogP contribution in [-0.4, -0.2) is 25.7 Å². The summed E-state index contributed by atoms with van der Waals surface area (Å²) in [6.45, 7) is 3.40. The molecule has 2 N–H and O–H groups in total. The molecule has 0 amide bonds. The monoisotopic (exact) mass is 196 g/mol. The fraction of sp³-hybridized carbons (Fsp3) is 0.714. The van der Waals surface area contributed by atoms with Gasteiger partial charge in [0.2, 0.25) is 0 Å². The summed E-state index contributed by atoms with van der Waals surface area (Å²) in [6.07, 6.45) is 3.58. The minimum absolute atomic E-state index is 0. The first-order valence-corrected chi connectivity index (χ1v) is 3.60. The molecule has 0 unspecified atom stereocenters. The Morgan fingerprint density at radius 2 is 2.18 bits per heavy atom. The first-order valence-electron chi connectivity index (χ1n) is 3.60. The van der Waals surface area contributed by atoms with Crippen molar-refractivity contribution in [3.05, 3.63) is 11.6 Å².